The Labute approximate surface area is 197 Å². The van der Waals surface area contributed by atoms with Crippen molar-refractivity contribution in [1.29, 1.82) is 0 Å². The number of ether oxygens (including phenoxy) is 3. The highest BCUT2D eigenvalue weighted by Crippen LogP contribution is 2.29. The number of nitrogens with zero attached hydrogens (tertiary/aromatic N) is 1. The lowest BCUT2D eigenvalue weighted by atomic mass is 10.0. The van der Waals surface area contributed by atoms with Crippen LogP contribution in [0.1, 0.15) is 28.4 Å². The van der Waals surface area contributed by atoms with E-state index < -0.39 is 27.9 Å². The molecule has 1 amide bonds. The largest absolute Gasteiger partial charge is 0.496 e. The number of carbonyl (C=O) groups excluding carboxylic acids is 2. The summed E-state index contributed by atoms with van der Waals surface area (Å²) < 4.78 is 42.7. The first-order chi connectivity index (χ1) is 15.8. The minimum Gasteiger partial charge on any atom is -0.496 e. The lowest BCUT2D eigenvalue weighted by molar-refractivity contribution is -0.141. The summed E-state index contributed by atoms with van der Waals surface area (Å²) >= 11 is 6.28. The first kappa shape index (κ1) is 25.0. The second-order valence-corrected chi connectivity index (χ2v) is 9.55. The van der Waals surface area contributed by atoms with Gasteiger partial charge in [-0.05, 0) is 29.8 Å². The summed E-state index contributed by atoms with van der Waals surface area (Å²) in [5, 5.41) is 3.12. The molecule has 1 fully saturated rings. The average molecular weight is 497 g/mol. The summed E-state index contributed by atoms with van der Waals surface area (Å²) in [7, 11) is -1.21. The van der Waals surface area contributed by atoms with Crippen molar-refractivity contribution in [3.8, 4) is 5.75 Å². The Kier molecular flexibility index (Phi) is 8.30. The molecule has 33 heavy (non-hydrogen) atoms. The van der Waals surface area contributed by atoms with Crippen molar-refractivity contribution >= 4 is 33.5 Å². The van der Waals surface area contributed by atoms with Gasteiger partial charge in [-0.2, -0.15) is 4.31 Å². The van der Waals surface area contributed by atoms with E-state index in [1.54, 1.807) is 24.3 Å². The van der Waals surface area contributed by atoms with Gasteiger partial charge < -0.3 is 19.5 Å². The van der Waals surface area contributed by atoms with E-state index in [9.17, 15) is 18.0 Å². The van der Waals surface area contributed by atoms with Gasteiger partial charge in [0.15, 0.2) is 0 Å². The van der Waals surface area contributed by atoms with Crippen molar-refractivity contribution in [1.82, 2.24) is 9.62 Å². The van der Waals surface area contributed by atoms with Crippen LogP contribution in [0.25, 0.3) is 0 Å². The van der Waals surface area contributed by atoms with Gasteiger partial charge in [-0.25, -0.2) is 8.42 Å². The van der Waals surface area contributed by atoms with E-state index in [1.165, 1.54) is 36.7 Å². The van der Waals surface area contributed by atoms with Crippen molar-refractivity contribution in [2.45, 2.75) is 17.4 Å². The number of hydrogen-bond donors (Lipinski definition) is 1. The fraction of sp³-hybridized carbons (Fsp3) is 0.364. The van der Waals surface area contributed by atoms with Gasteiger partial charge in [0.25, 0.3) is 5.91 Å². The lowest BCUT2D eigenvalue weighted by Crippen LogP contribution is -2.40. The van der Waals surface area contributed by atoms with Gasteiger partial charge >= 0.3 is 5.97 Å². The Morgan fingerprint density at radius 1 is 1.15 bits per heavy atom. The quantitative estimate of drug-likeness (QED) is 0.558. The molecule has 0 spiro atoms. The summed E-state index contributed by atoms with van der Waals surface area (Å²) in [5.41, 5.74) is 0.530. The van der Waals surface area contributed by atoms with Crippen LogP contribution in [0.3, 0.4) is 0 Å². The maximum absolute atomic E-state index is 13.2. The average Bonchev–Trinajstić information content (AvgIpc) is 2.83. The molecule has 9 nitrogen and oxygen atoms in total. The minimum absolute atomic E-state index is 0.00811. The normalized spacial score (nSPS) is 15.5. The number of amides is 1. The third kappa shape index (κ3) is 5.83. The van der Waals surface area contributed by atoms with Crippen LogP contribution in [-0.2, 0) is 24.3 Å². The van der Waals surface area contributed by atoms with Gasteiger partial charge in [0, 0.05) is 18.1 Å². The van der Waals surface area contributed by atoms with E-state index in [-0.39, 0.29) is 35.7 Å². The van der Waals surface area contributed by atoms with Crippen LogP contribution >= 0.6 is 11.6 Å². The Morgan fingerprint density at radius 3 is 2.48 bits per heavy atom. The number of methoxy groups -OCH3 is 2. The maximum Gasteiger partial charge on any atom is 0.307 e. The summed E-state index contributed by atoms with van der Waals surface area (Å²) in [6, 6.07) is 10.1. The highest BCUT2D eigenvalue weighted by Gasteiger charge is 2.29. The van der Waals surface area contributed by atoms with Crippen molar-refractivity contribution in [3.05, 3.63) is 58.6 Å². The highest BCUT2D eigenvalue weighted by molar-refractivity contribution is 7.89. The fourth-order valence-corrected chi connectivity index (χ4v) is 5.15. The summed E-state index contributed by atoms with van der Waals surface area (Å²) in [6.07, 6.45) is -0.167. The van der Waals surface area contributed by atoms with Crippen LogP contribution in [-0.4, -0.2) is 65.1 Å². The summed E-state index contributed by atoms with van der Waals surface area (Å²) in [4.78, 5) is 25.2. The van der Waals surface area contributed by atoms with E-state index in [1.807, 2.05) is 0 Å². The molecule has 1 unspecified atom stereocenters. The second kappa shape index (κ2) is 11.0. The molecule has 1 aliphatic heterocycles. The van der Waals surface area contributed by atoms with Crippen molar-refractivity contribution in [2.24, 2.45) is 0 Å². The second-order valence-electron chi connectivity index (χ2n) is 7.21. The molecule has 11 heteroatoms. The van der Waals surface area contributed by atoms with Crippen LogP contribution in [0.15, 0.2) is 47.4 Å². The molecule has 0 aliphatic carbocycles. The topological polar surface area (TPSA) is 111 Å². The highest BCUT2D eigenvalue weighted by atomic mass is 35.5. The predicted octanol–water partition coefficient (Wildman–Crippen LogP) is 2.40. The molecule has 0 saturated carbocycles. The number of sulfonamides is 1. The number of benzene rings is 2. The molecule has 1 aliphatic rings. The molecule has 1 atom stereocenters. The summed E-state index contributed by atoms with van der Waals surface area (Å²) in [6.45, 7) is 1.05. The third-order valence-electron chi connectivity index (χ3n) is 5.21. The molecule has 2 aromatic carbocycles. The zero-order valence-electron chi connectivity index (χ0n) is 18.2. The Hall–Kier alpha value is -2.66. The van der Waals surface area contributed by atoms with E-state index in [0.717, 1.165) is 0 Å². The molecule has 0 radical (unpaired) electrons. The molecule has 3 rings (SSSR count). The van der Waals surface area contributed by atoms with Gasteiger partial charge in [-0.15, -0.1) is 0 Å². The van der Waals surface area contributed by atoms with E-state index >= 15 is 0 Å². The minimum atomic E-state index is -3.83. The summed E-state index contributed by atoms with van der Waals surface area (Å²) in [5.74, 6) is -0.986. The van der Waals surface area contributed by atoms with Gasteiger partial charge in [0.05, 0.1) is 50.4 Å². The molecule has 2 aromatic rings. The molecule has 1 saturated heterocycles. The number of carbonyl (C=O) groups is 2. The van der Waals surface area contributed by atoms with E-state index in [2.05, 4.69) is 5.32 Å². The third-order valence-corrected chi connectivity index (χ3v) is 7.45. The van der Waals surface area contributed by atoms with Crippen molar-refractivity contribution in [2.75, 3.05) is 40.5 Å². The lowest BCUT2D eigenvalue weighted by Gasteiger charge is -2.26. The molecule has 178 valence electrons. The standard InChI is InChI=1S/C22H25ClN2O7S/c1-30-20-8-7-15(33(28,29)25-9-11-32-12-10-25)13-17(20)22(27)24-19(14-21(26)31-2)16-5-3-4-6-18(16)23/h3-8,13,19H,9-12,14H2,1-2H3,(H,24,27). The first-order valence-corrected chi connectivity index (χ1v) is 12.0. The smallest absolute Gasteiger partial charge is 0.307 e. The molecular weight excluding hydrogens is 472 g/mol. The number of nitrogens with one attached hydrogen (secondary N) is 1. The van der Waals surface area contributed by atoms with Gasteiger partial charge in [-0.3, -0.25) is 9.59 Å². The van der Waals surface area contributed by atoms with Crippen LogP contribution in [0.4, 0.5) is 0 Å². The Morgan fingerprint density at radius 2 is 1.85 bits per heavy atom. The zero-order valence-corrected chi connectivity index (χ0v) is 19.8. The number of halogens is 1. The molecule has 1 N–H and O–H groups in total. The first-order valence-electron chi connectivity index (χ1n) is 10.2. The van der Waals surface area contributed by atoms with Crippen molar-refractivity contribution < 1.29 is 32.2 Å². The number of rotatable bonds is 8. The molecule has 1 heterocycles. The van der Waals surface area contributed by atoms with Crippen LogP contribution < -0.4 is 10.1 Å². The molecular formula is C22H25ClN2O7S. The predicted molar refractivity (Wildman–Crippen MR) is 121 cm³/mol. The number of morpholine rings is 1. The van der Waals surface area contributed by atoms with Crippen LogP contribution in [0, 0.1) is 0 Å². The van der Waals surface area contributed by atoms with E-state index in [0.29, 0.717) is 23.8 Å². The Bertz CT molecular complexity index is 1120. The number of esters is 1. The number of hydrogen-bond acceptors (Lipinski definition) is 7. The maximum atomic E-state index is 13.2. The van der Waals surface area contributed by atoms with Crippen LogP contribution in [0.5, 0.6) is 5.75 Å². The monoisotopic (exact) mass is 496 g/mol. The molecule has 0 bridgehead atoms. The fourth-order valence-electron chi connectivity index (χ4n) is 3.44. The van der Waals surface area contributed by atoms with Gasteiger partial charge in [-0.1, -0.05) is 29.8 Å². The van der Waals surface area contributed by atoms with Crippen LogP contribution in [0.2, 0.25) is 5.02 Å². The van der Waals surface area contributed by atoms with Crippen molar-refractivity contribution in [3.63, 3.8) is 0 Å². The van der Waals surface area contributed by atoms with Gasteiger partial charge in [0.2, 0.25) is 10.0 Å². The van der Waals surface area contributed by atoms with Gasteiger partial charge in [0.1, 0.15) is 5.75 Å². The van der Waals surface area contributed by atoms with E-state index in [4.69, 9.17) is 25.8 Å². The zero-order chi connectivity index (χ0) is 24.0. The Balaban J connectivity index is 1.94. The SMILES string of the molecule is COC(=O)CC(NC(=O)c1cc(S(=O)(=O)N2CCOCC2)ccc1OC)c1ccccc1Cl. The molecule has 0 aromatic heterocycles.